The predicted octanol–water partition coefficient (Wildman–Crippen LogP) is 7.11. The van der Waals surface area contributed by atoms with Gasteiger partial charge in [0, 0.05) is 0 Å². The molecule has 0 atom stereocenters. The van der Waals surface area contributed by atoms with Crippen LogP contribution in [0.4, 0.5) is 5.69 Å². The van der Waals surface area contributed by atoms with E-state index >= 15 is 0 Å². The molecule has 5 rings (SSSR count). The summed E-state index contributed by atoms with van der Waals surface area (Å²) in [6.45, 7) is 5.41. The number of thioether (sulfide) groups is 1. The Balaban J connectivity index is 1.29. The highest BCUT2D eigenvalue weighted by atomic mass is 32.2. The summed E-state index contributed by atoms with van der Waals surface area (Å²) < 4.78 is 17.4. The zero-order chi connectivity index (χ0) is 26.3. The van der Waals surface area contributed by atoms with Crippen molar-refractivity contribution in [1.29, 1.82) is 0 Å². The van der Waals surface area contributed by atoms with Crippen molar-refractivity contribution in [3.63, 3.8) is 0 Å². The summed E-state index contributed by atoms with van der Waals surface area (Å²) in [6, 6.07) is 27.7. The Hall–Kier alpha value is -4.23. The molecular weight excluding hydrogens is 496 g/mol. The zero-order valence-electron chi connectivity index (χ0n) is 21.3. The van der Waals surface area contributed by atoms with Crippen LogP contribution in [0.15, 0.2) is 94.8 Å². The molecule has 4 aromatic carbocycles. The molecule has 7 heteroatoms. The quantitative estimate of drug-likeness (QED) is 0.236. The van der Waals surface area contributed by atoms with Crippen molar-refractivity contribution in [3.8, 4) is 17.2 Å². The summed E-state index contributed by atoms with van der Waals surface area (Å²) in [5.74, 6) is 1.89. The second-order valence-electron chi connectivity index (χ2n) is 8.52. The van der Waals surface area contributed by atoms with Gasteiger partial charge in [0.1, 0.15) is 12.4 Å². The van der Waals surface area contributed by atoms with Gasteiger partial charge in [0.25, 0.3) is 5.91 Å². The number of aliphatic imine (C=N–C) groups is 1. The standard InChI is InChI=1S/C31H28N2O4S/c1-3-35-26-14-12-25(13-15-26)32-31-33-30(34)29(38-31)19-21-10-16-27(28(18-21)36-4-2)37-20-22-9-11-23-7-5-6-8-24(23)17-22/h5-19H,3-4,20H2,1-2H3,(H,32,33,34)/b29-19+. The molecule has 1 saturated heterocycles. The number of hydrogen-bond donors (Lipinski definition) is 1. The molecular formula is C31H28N2O4S. The molecule has 0 aliphatic carbocycles. The number of nitrogens with zero attached hydrogens (tertiary/aromatic N) is 1. The first kappa shape index (κ1) is 25.4. The molecule has 1 N–H and O–H groups in total. The lowest BCUT2D eigenvalue weighted by atomic mass is 10.1. The van der Waals surface area contributed by atoms with Crippen LogP contribution in [0.5, 0.6) is 17.2 Å². The van der Waals surface area contributed by atoms with Gasteiger partial charge in [-0.2, -0.15) is 0 Å². The molecule has 4 aromatic rings. The van der Waals surface area contributed by atoms with Gasteiger partial charge in [-0.25, -0.2) is 4.99 Å². The van der Waals surface area contributed by atoms with E-state index < -0.39 is 0 Å². The normalized spacial score (nSPS) is 15.2. The minimum atomic E-state index is -0.186. The Morgan fingerprint density at radius 3 is 2.39 bits per heavy atom. The molecule has 0 bridgehead atoms. The van der Waals surface area contributed by atoms with Crippen molar-refractivity contribution in [1.82, 2.24) is 5.32 Å². The number of amides is 1. The lowest BCUT2D eigenvalue weighted by molar-refractivity contribution is -0.115. The first-order chi connectivity index (χ1) is 18.6. The lowest BCUT2D eigenvalue weighted by Crippen LogP contribution is -2.19. The van der Waals surface area contributed by atoms with E-state index in [1.807, 2.05) is 74.5 Å². The number of carbonyl (C=O) groups is 1. The molecule has 192 valence electrons. The highest BCUT2D eigenvalue weighted by molar-refractivity contribution is 8.18. The van der Waals surface area contributed by atoms with Gasteiger partial charge >= 0.3 is 0 Å². The lowest BCUT2D eigenvalue weighted by Gasteiger charge is -2.13. The van der Waals surface area contributed by atoms with Crippen molar-refractivity contribution in [2.75, 3.05) is 13.2 Å². The summed E-state index contributed by atoms with van der Waals surface area (Å²) >= 11 is 1.30. The van der Waals surface area contributed by atoms with E-state index in [9.17, 15) is 4.79 Å². The SMILES string of the molecule is CCOc1ccc(N=C2NC(=O)/C(=C\c3ccc(OCc4ccc5ccccc5c4)c(OCC)c3)S2)cc1. The maximum atomic E-state index is 12.6. The topological polar surface area (TPSA) is 69.2 Å². The van der Waals surface area contributed by atoms with Crippen LogP contribution in [0, 0.1) is 0 Å². The van der Waals surface area contributed by atoms with E-state index in [0.29, 0.717) is 41.4 Å². The van der Waals surface area contributed by atoms with Crippen LogP contribution in [0.2, 0.25) is 0 Å². The van der Waals surface area contributed by atoms with Gasteiger partial charge in [-0.05, 0) is 96.0 Å². The number of fused-ring (bicyclic) bond motifs is 1. The number of amidine groups is 1. The number of hydrogen-bond acceptors (Lipinski definition) is 6. The van der Waals surface area contributed by atoms with Crippen LogP contribution in [-0.4, -0.2) is 24.3 Å². The molecule has 0 spiro atoms. The smallest absolute Gasteiger partial charge is 0.264 e. The van der Waals surface area contributed by atoms with Crippen molar-refractivity contribution in [3.05, 3.63) is 101 Å². The highest BCUT2D eigenvalue weighted by Crippen LogP contribution is 2.33. The van der Waals surface area contributed by atoms with Crippen LogP contribution in [0.25, 0.3) is 16.8 Å². The van der Waals surface area contributed by atoms with Gasteiger partial charge in [0.05, 0.1) is 23.8 Å². The fourth-order valence-electron chi connectivity index (χ4n) is 4.02. The summed E-state index contributed by atoms with van der Waals surface area (Å²) in [5, 5.41) is 5.74. The summed E-state index contributed by atoms with van der Waals surface area (Å²) in [4.78, 5) is 17.7. The van der Waals surface area contributed by atoms with E-state index in [4.69, 9.17) is 14.2 Å². The van der Waals surface area contributed by atoms with Crippen LogP contribution in [-0.2, 0) is 11.4 Å². The second kappa shape index (κ2) is 11.9. The minimum absolute atomic E-state index is 0.186. The molecule has 38 heavy (non-hydrogen) atoms. The first-order valence-electron chi connectivity index (χ1n) is 12.5. The molecule has 0 aromatic heterocycles. The zero-order valence-corrected chi connectivity index (χ0v) is 22.1. The molecule has 6 nitrogen and oxygen atoms in total. The molecule has 0 saturated carbocycles. The fourth-order valence-corrected chi connectivity index (χ4v) is 4.87. The monoisotopic (exact) mass is 524 g/mol. The van der Waals surface area contributed by atoms with Crippen molar-refractivity contribution >= 4 is 45.4 Å². The Kier molecular flexibility index (Phi) is 7.95. The molecule has 1 aliphatic heterocycles. The van der Waals surface area contributed by atoms with Gasteiger partial charge in [0.15, 0.2) is 16.7 Å². The van der Waals surface area contributed by atoms with E-state index in [0.717, 1.165) is 22.6 Å². The van der Waals surface area contributed by atoms with Crippen LogP contribution in [0.1, 0.15) is 25.0 Å². The fraction of sp³-hybridized carbons (Fsp3) is 0.161. The number of nitrogens with one attached hydrogen (secondary N) is 1. The molecule has 1 heterocycles. The molecule has 0 radical (unpaired) electrons. The van der Waals surface area contributed by atoms with E-state index in [2.05, 4.69) is 40.6 Å². The van der Waals surface area contributed by atoms with Gasteiger partial charge in [-0.15, -0.1) is 0 Å². The Morgan fingerprint density at radius 2 is 1.61 bits per heavy atom. The van der Waals surface area contributed by atoms with Crippen molar-refractivity contribution in [2.24, 2.45) is 4.99 Å². The third kappa shape index (κ3) is 6.18. The van der Waals surface area contributed by atoms with E-state index in [1.165, 1.54) is 22.5 Å². The third-order valence-electron chi connectivity index (χ3n) is 5.80. The van der Waals surface area contributed by atoms with Gasteiger partial charge in [0.2, 0.25) is 0 Å². The van der Waals surface area contributed by atoms with Crippen molar-refractivity contribution in [2.45, 2.75) is 20.5 Å². The molecule has 1 aliphatic rings. The molecule has 1 fully saturated rings. The number of ether oxygens (including phenoxy) is 3. The average Bonchev–Trinajstić information content (AvgIpc) is 3.27. The Labute approximate surface area is 226 Å². The van der Waals surface area contributed by atoms with Crippen LogP contribution in [0.3, 0.4) is 0 Å². The third-order valence-corrected chi connectivity index (χ3v) is 6.71. The Bertz CT molecular complexity index is 1510. The maximum absolute atomic E-state index is 12.6. The van der Waals surface area contributed by atoms with Gasteiger partial charge < -0.3 is 19.5 Å². The summed E-state index contributed by atoms with van der Waals surface area (Å²) in [7, 11) is 0. The Morgan fingerprint density at radius 1 is 0.816 bits per heavy atom. The second-order valence-corrected chi connectivity index (χ2v) is 9.55. The van der Waals surface area contributed by atoms with Crippen molar-refractivity contribution < 1.29 is 19.0 Å². The van der Waals surface area contributed by atoms with Crippen LogP contribution >= 0.6 is 11.8 Å². The van der Waals surface area contributed by atoms with Gasteiger partial charge in [-0.1, -0.05) is 42.5 Å². The number of benzene rings is 4. The van der Waals surface area contributed by atoms with Gasteiger partial charge in [-0.3, -0.25) is 4.79 Å². The van der Waals surface area contributed by atoms with E-state index in [1.54, 1.807) is 0 Å². The largest absolute Gasteiger partial charge is 0.494 e. The number of carbonyl (C=O) groups excluding carboxylic acids is 1. The average molecular weight is 525 g/mol. The first-order valence-corrected chi connectivity index (χ1v) is 13.3. The number of rotatable bonds is 9. The molecule has 1 amide bonds. The predicted molar refractivity (Wildman–Crippen MR) is 154 cm³/mol. The van der Waals surface area contributed by atoms with Crippen LogP contribution < -0.4 is 19.5 Å². The molecule has 0 unspecified atom stereocenters. The van der Waals surface area contributed by atoms with E-state index in [-0.39, 0.29) is 5.91 Å². The highest BCUT2D eigenvalue weighted by Gasteiger charge is 2.24. The minimum Gasteiger partial charge on any atom is -0.494 e. The summed E-state index contributed by atoms with van der Waals surface area (Å²) in [5.41, 5.74) is 2.66. The summed E-state index contributed by atoms with van der Waals surface area (Å²) in [6.07, 6.45) is 1.83. The maximum Gasteiger partial charge on any atom is 0.264 e.